The Morgan fingerprint density at radius 2 is 0.935 bits per heavy atom. The molecule has 0 saturated carbocycles. The van der Waals surface area contributed by atoms with Gasteiger partial charge in [-0.25, -0.2) is 4.79 Å². The third-order valence-electron chi connectivity index (χ3n) is 4.96. The Bertz CT molecular complexity index is 992. The molecule has 0 saturated heterocycles. The summed E-state index contributed by atoms with van der Waals surface area (Å²) in [5, 5.41) is 5.59. The molecule has 0 bridgehead atoms. The molecule has 4 aromatic carbocycles. The van der Waals surface area contributed by atoms with Crippen LogP contribution in [-0.2, 0) is 13.1 Å². The molecule has 4 aromatic rings. The van der Waals surface area contributed by atoms with E-state index >= 15 is 0 Å². The third kappa shape index (κ3) is 5.81. The number of benzene rings is 4. The first-order valence-electron chi connectivity index (χ1n) is 10.3. The van der Waals surface area contributed by atoms with Gasteiger partial charge in [0.05, 0.1) is 8.07 Å². The number of amides is 2. The fraction of sp³-hybridized carbons (Fsp3) is 0.0741. The van der Waals surface area contributed by atoms with Gasteiger partial charge in [0.2, 0.25) is 0 Å². The predicted octanol–water partition coefficient (Wildman–Crippen LogP) is 5.45. The Labute approximate surface area is 185 Å². The van der Waals surface area contributed by atoms with E-state index in [1.54, 1.807) is 0 Å². The van der Waals surface area contributed by atoms with Gasteiger partial charge in [-0.1, -0.05) is 121 Å². The summed E-state index contributed by atoms with van der Waals surface area (Å²) in [6.45, 7) is 1.10. The first-order valence-corrected chi connectivity index (χ1v) is 11.7. The van der Waals surface area contributed by atoms with Crippen molar-refractivity contribution in [2.75, 3.05) is 0 Å². The largest absolute Gasteiger partial charge is 0.321 e. The summed E-state index contributed by atoms with van der Waals surface area (Å²) >= 11 is 0. The number of rotatable bonds is 7. The van der Waals surface area contributed by atoms with Gasteiger partial charge in [-0.05, 0) is 11.1 Å². The maximum Gasteiger partial charge on any atom is 0.321 e. The van der Waals surface area contributed by atoms with E-state index in [0.29, 0.717) is 13.1 Å². The first-order chi connectivity index (χ1) is 15.3. The van der Waals surface area contributed by atoms with E-state index in [1.807, 2.05) is 77.7 Å². The van der Waals surface area contributed by atoms with Crippen LogP contribution in [0.3, 0.4) is 0 Å². The lowest BCUT2D eigenvalue weighted by Gasteiger charge is -2.27. The average Bonchev–Trinajstić information content (AvgIpc) is 2.84. The lowest BCUT2D eigenvalue weighted by Crippen LogP contribution is -2.39. The Hall–Kier alpha value is -3.42. The number of nitrogens with zero attached hydrogens (tertiary/aromatic N) is 1. The third-order valence-corrected chi connectivity index (χ3v) is 7.00. The smallest absolute Gasteiger partial charge is 0.316 e. The average molecular weight is 424 g/mol. The van der Waals surface area contributed by atoms with Gasteiger partial charge in [0.1, 0.15) is 0 Å². The van der Waals surface area contributed by atoms with Crippen LogP contribution < -0.4 is 15.7 Å². The van der Waals surface area contributed by atoms with Gasteiger partial charge in [0.25, 0.3) is 0 Å². The molecular formula is C27H25N2OP. The minimum atomic E-state index is -1.01. The second kappa shape index (κ2) is 10.6. The van der Waals surface area contributed by atoms with Crippen molar-refractivity contribution in [2.45, 2.75) is 13.1 Å². The van der Waals surface area contributed by atoms with Crippen LogP contribution in [0, 0.1) is 0 Å². The molecule has 1 N–H and O–H groups in total. The molecule has 154 valence electrons. The van der Waals surface area contributed by atoms with Crippen LogP contribution in [0.25, 0.3) is 0 Å². The molecule has 0 aliphatic rings. The lowest BCUT2D eigenvalue weighted by atomic mass is 10.2. The molecule has 4 heteroatoms. The van der Waals surface area contributed by atoms with E-state index in [1.165, 1.54) is 0 Å². The molecule has 0 radical (unpaired) electrons. The van der Waals surface area contributed by atoms with Gasteiger partial charge in [0.15, 0.2) is 0 Å². The summed E-state index contributed by atoms with van der Waals surface area (Å²) in [4.78, 5) is 15.4. The van der Waals surface area contributed by atoms with Crippen molar-refractivity contribution < 1.29 is 4.79 Å². The van der Waals surface area contributed by atoms with Crippen molar-refractivity contribution in [3.8, 4) is 0 Å². The Morgan fingerprint density at radius 1 is 0.581 bits per heavy atom. The molecule has 0 spiro atoms. The van der Waals surface area contributed by atoms with Crippen LogP contribution in [0.1, 0.15) is 11.1 Å². The molecule has 3 nitrogen and oxygen atoms in total. The molecule has 0 aliphatic heterocycles. The Balaban J connectivity index is 1.61. The highest BCUT2D eigenvalue weighted by Gasteiger charge is 2.21. The van der Waals surface area contributed by atoms with Gasteiger partial charge >= 0.3 is 6.03 Å². The zero-order chi connectivity index (χ0) is 21.3. The fourth-order valence-corrected chi connectivity index (χ4v) is 5.24. The van der Waals surface area contributed by atoms with E-state index in [9.17, 15) is 4.79 Å². The van der Waals surface area contributed by atoms with E-state index in [4.69, 9.17) is 0 Å². The number of carbonyl (C=O) groups excluding carboxylic acids is 1. The second-order valence-corrected chi connectivity index (χ2v) is 9.18. The van der Waals surface area contributed by atoms with Gasteiger partial charge in [-0.15, -0.1) is 0 Å². The molecular weight excluding hydrogens is 399 g/mol. The van der Waals surface area contributed by atoms with Crippen molar-refractivity contribution in [2.24, 2.45) is 0 Å². The SMILES string of the molecule is O=C(NP(c1ccccc1)c1ccccc1)N(Cc1ccccc1)Cc1ccccc1. The molecule has 0 unspecified atom stereocenters. The van der Waals surface area contributed by atoms with Crippen LogP contribution >= 0.6 is 8.07 Å². The molecule has 0 heterocycles. The summed E-state index contributed by atoms with van der Waals surface area (Å²) in [5.41, 5.74) is 2.22. The normalized spacial score (nSPS) is 10.6. The first kappa shape index (κ1) is 20.8. The number of hydrogen-bond acceptors (Lipinski definition) is 1. The molecule has 4 rings (SSSR count). The number of carbonyl (C=O) groups is 1. The predicted molar refractivity (Wildman–Crippen MR) is 130 cm³/mol. The van der Waals surface area contributed by atoms with Gasteiger partial charge in [-0.3, -0.25) is 0 Å². The zero-order valence-electron chi connectivity index (χ0n) is 17.3. The van der Waals surface area contributed by atoms with Crippen molar-refractivity contribution in [1.29, 1.82) is 0 Å². The number of nitrogens with one attached hydrogen (secondary N) is 1. The van der Waals surface area contributed by atoms with Crippen molar-refractivity contribution in [3.05, 3.63) is 132 Å². The van der Waals surface area contributed by atoms with Crippen LogP contribution in [0.2, 0.25) is 0 Å². The van der Waals surface area contributed by atoms with E-state index in [-0.39, 0.29) is 6.03 Å². The molecule has 2 amide bonds. The topological polar surface area (TPSA) is 32.3 Å². The fourth-order valence-electron chi connectivity index (χ4n) is 3.41. The summed E-state index contributed by atoms with van der Waals surface area (Å²) in [5.74, 6) is 0. The zero-order valence-corrected chi connectivity index (χ0v) is 18.2. The van der Waals surface area contributed by atoms with Crippen molar-refractivity contribution >= 4 is 24.7 Å². The highest BCUT2D eigenvalue weighted by atomic mass is 31.1. The van der Waals surface area contributed by atoms with Gasteiger partial charge in [-0.2, -0.15) is 0 Å². The van der Waals surface area contributed by atoms with E-state index in [2.05, 4.69) is 53.6 Å². The van der Waals surface area contributed by atoms with Gasteiger partial charge < -0.3 is 9.99 Å². The summed E-state index contributed by atoms with van der Waals surface area (Å²) in [7, 11) is -1.01. The second-order valence-electron chi connectivity index (χ2n) is 7.25. The minimum Gasteiger partial charge on any atom is -0.316 e. The monoisotopic (exact) mass is 424 g/mol. The van der Waals surface area contributed by atoms with Crippen LogP contribution in [0.4, 0.5) is 4.79 Å². The highest BCUT2D eigenvalue weighted by Crippen LogP contribution is 2.29. The van der Waals surface area contributed by atoms with Crippen molar-refractivity contribution in [3.63, 3.8) is 0 Å². The molecule has 0 fully saturated rings. The van der Waals surface area contributed by atoms with Crippen LogP contribution in [-0.4, -0.2) is 10.9 Å². The lowest BCUT2D eigenvalue weighted by molar-refractivity contribution is 0.199. The quantitative estimate of drug-likeness (QED) is 0.393. The molecule has 0 aromatic heterocycles. The van der Waals surface area contributed by atoms with Crippen LogP contribution in [0.5, 0.6) is 0 Å². The Kier molecular flexibility index (Phi) is 7.10. The maximum absolute atomic E-state index is 13.5. The van der Waals surface area contributed by atoms with E-state index in [0.717, 1.165) is 21.7 Å². The molecule has 31 heavy (non-hydrogen) atoms. The van der Waals surface area contributed by atoms with Gasteiger partial charge in [0, 0.05) is 23.7 Å². The summed E-state index contributed by atoms with van der Waals surface area (Å²) in [6.07, 6.45) is 0. The van der Waals surface area contributed by atoms with Crippen molar-refractivity contribution in [1.82, 2.24) is 9.99 Å². The maximum atomic E-state index is 13.5. The number of hydrogen-bond donors (Lipinski definition) is 1. The minimum absolute atomic E-state index is 0.0634. The Morgan fingerprint density at radius 3 is 1.32 bits per heavy atom. The summed E-state index contributed by atoms with van der Waals surface area (Å²) in [6, 6.07) is 40.6. The molecule has 0 aliphatic carbocycles. The van der Waals surface area contributed by atoms with E-state index < -0.39 is 8.07 Å². The van der Waals surface area contributed by atoms with Crippen LogP contribution in [0.15, 0.2) is 121 Å². The number of urea groups is 1. The standard InChI is InChI=1S/C27H25N2OP/c30-27(28-31(25-17-9-3-10-18-25)26-19-11-4-12-20-26)29(21-23-13-5-1-6-14-23)22-24-15-7-2-8-16-24/h1-20H,21-22H2,(H,28,30). The summed E-state index contributed by atoms with van der Waals surface area (Å²) < 4.78 is 0. The highest BCUT2D eigenvalue weighted by molar-refractivity contribution is 7.71. The molecule has 0 atom stereocenters.